The lowest BCUT2D eigenvalue weighted by atomic mass is 10.0. The van der Waals surface area contributed by atoms with Gasteiger partial charge in [0.15, 0.2) is 21.5 Å². The molecule has 1 aromatic carbocycles. The van der Waals surface area contributed by atoms with Gasteiger partial charge in [0, 0.05) is 5.56 Å². The Hall–Kier alpha value is -2.42. The number of carbonyl (C=O) groups is 2. The van der Waals surface area contributed by atoms with E-state index in [0.717, 1.165) is 6.07 Å². The fraction of sp³-hybridized carbons (Fsp3) is 0.250. The summed E-state index contributed by atoms with van der Waals surface area (Å²) >= 11 is 0. The molecule has 1 amide bonds. The van der Waals surface area contributed by atoms with Crippen molar-refractivity contribution in [3.05, 3.63) is 23.3 Å². The number of guanidine groups is 1. The molecule has 0 fully saturated rings. The summed E-state index contributed by atoms with van der Waals surface area (Å²) in [7, 11) is -3.84. The van der Waals surface area contributed by atoms with Crippen molar-refractivity contribution in [2.24, 2.45) is 16.5 Å². The number of hydrogen-bond acceptors (Lipinski definition) is 5. The van der Waals surface area contributed by atoms with Crippen LogP contribution in [0.3, 0.4) is 0 Å². The van der Waals surface area contributed by atoms with Crippen LogP contribution in [0, 0.1) is 0 Å². The molecule has 1 heterocycles. The van der Waals surface area contributed by atoms with Gasteiger partial charge in [-0.1, -0.05) is 6.92 Å². The lowest BCUT2D eigenvalue weighted by molar-refractivity contribution is -0.132. The van der Waals surface area contributed by atoms with Crippen LogP contribution in [0.4, 0.5) is 0 Å². The first-order chi connectivity index (χ1) is 9.74. The highest BCUT2D eigenvalue weighted by Gasteiger charge is 2.32. The van der Waals surface area contributed by atoms with Crippen molar-refractivity contribution in [2.75, 3.05) is 5.75 Å². The number of ether oxygens (including phenoxy) is 1. The molecule has 0 atom stereocenters. The van der Waals surface area contributed by atoms with Gasteiger partial charge in [0.05, 0.1) is 0 Å². The topological polar surface area (TPSA) is 142 Å². The summed E-state index contributed by atoms with van der Waals surface area (Å²) in [5.41, 5.74) is 10.8. The molecular formula is C12H13N3O5S. The first kappa shape index (κ1) is 15.0. The Morgan fingerprint density at radius 2 is 2.05 bits per heavy atom. The molecule has 21 heavy (non-hydrogen) atoms. The third kappa shape index (κ3) is 2.87. The molecule has 0 saturated heterocycles. The third-order valence-electron chi connectivity index (χ3n) is 2.88. The third-order valence-corrected chi connectivity index (χ3v) is 4.48. The fourth-order valence-corrected chi connectivity index (χ4v) is 3.21. The number of aryl methyl sites for hydroxylation is 1. The number of sulfone groups is 1. The number of nitrogens with zero attached hydrogens (tertiary/aromatic N) is 1. The molecule has 1 aliphatic rings. The molecule has 0 saturated carbocycles. The standard InChI is InChI=1S/C12H13N3O5S/c1-2-6-3-8-9(21(18,19)5-10(16)20-8)4-7(6)11(17)15-12(13)14/h3-4H,2,5H2,1H3,(H4,13,14,15,17). The van der Waals surface area contributed by atoms with Crippen molar-refractivity contribution >= 4 is 27.7 Å². The lowest BCUT2D eigenvalue weighted by Crippen LogP contribution is -2.28. The first-order valence-corrected chi connectivity index (χ1v) is 7.64. The molecule has 0 aliphatic carbocycles. The number of benzene rings is 1. The Morgan fingerprint density at radius 1 is 1.38 bits per heavy atom. The summed E-state index contributed by atoms with van der Waals surface area (Å²) in [6, 6.07) is 2.49. The largest absolute Gasteiger partial charge is 0.424 e. The minimum Gasteiger partial charge on any atom is -0.424 e. The molecule has 0 spiro atoms. The van der Waals surface area contributed by atoms with Crippen molar-refractivity contribution in [3.63, 3.8) is 0 Å². The highest BCUT2D eigenvalue weighted by Crippen LogP contribution is 2.32. The molecule has 0 aromatic heterocycles. The van der Waals surface area contributed by atoms with Crippen LogP contribution in [-0.4, -0.2) is 32.0 Å². The Morgan fingerprint density at radius 3 is 2.62 bits per heavy atom. The zero-order chi connectivity index (χ0) is 15.8. The molecule has 0 bridgehead atoms. The number of aliphatic imine (C=N–C) groups is 1. The van der Waals surface area contributed by atoms with Gasteiger partial charge in [-0.05, 0) is 24.1 Å². The van der Waals surface area contributed by atoms with E-state index in [2.05, 4.69) is 4.99 Å². The summed E-state index contributed by atoms with van der Waals surface area (Å²) in [5, 5.41) is 0. The van der Waals surface area contributed by atoms with E-state index in [-0.39, 0.29) is 16.2 Å². The lowest BCUT2D eigenvalue weighted by Gasteiger charge is -2.18. The van der Waals surface area contributed by atoms with Crippen LogP contribution < -0.4 is 16.2 Å². The predicted octanol–water partition coefficient (Wildman–Crippen LogP) is -0.645. The summed E-state index contributed by atoms with van der Waals surface area (Å²) in [6.45, 7) is 1.76. The molecule has 112 valence electrons. The number of fused-ring (bicyclic) bond motifs is 1. The van der Waals surface area contributed by atoms with Crippen molar-refractivity contribution in [2.45, 2.75) is 18.2 Å². The second kappa shape index (κ2) is 5.17. The summed E-state index contributed by atoms with van der Waals surface area (Å²) in [6.07, 6.45) is 0.409. The van der Waals surface area contributed by atoms with Gasteiger partial charge >= 0.3 is 5.97 Å². The average molecular weight is 311 g/mol. The quantitative estimate of drug-likeness (QED) is 0.320. The SMILES string of the molecule is CCc1cc2c(cc1C(=O)N=C(N)N)S(=O)(=O)CC(=O)O2. The Bertz CT molecular complexity index is 763. The minimum absolute atomic E-state index is 0.0613. The van der Waals surface area contributed by atoms with Gasteiger partial charge < -0.3 is 16.2 Å². The van der Waals surface area contributed by atoms with Gasteiger partial charge in [0.25, 0.3) is 5.91 Å². The minimum atomic E-state index is -3.84. The molecule has 4 N–H and O–H groups in total. The second-order valence-corrected chi connectivity index (χ2v) is 6.34. The molecule has 0 radical (unpaired) electrons. The second-order valence-electron chi connectivity index (χ2n) is 4.38. The van der Waals surface area contributed by atoms with Crippen LogP contribution in [-0.2, 0) is 21.1 Å². The Balaban J connectivity index is 2.67. The van der Waals surface area contributed by atoms with Gasteiger partial charge in [-0.25, -0.2) is 8.42 Å². The molecule has 8 nitrogen and oxygen atoms in total. The van der Waals surface area contributed by atoms with E-state index < -0.39 is 33.4 Å². The zero-order valence-electron chi connectivity index (χ0n) is 11.1. The van der Waals surface area contributed by atoms with Crippen LogP contribution >= 0.6 is 0 Å². The summed E-state index contributed by atoms with van der Waals surface area (Å²) < 4.78 is 28.9. The Labute approximate surface area is 120 Å². The van der Waals surface area contributed by atoms with Crippen LogP contribution in [0.1, 0.15) is 22.8 Å². The molecule has 9 heteroatoms. The maximum absolute atomic E-state index is 12.0. The Kier molecular flexibility index (Phi) is 3.69. The molecular weight excluding hydrogens is 298 g/mol. The van der Waals surface area contributed by atoms with Gasteiger partial charge in [0.1, 0.15) is 10.6 Å². The van der Waals surface area contributed by atoms with E-state index >= 15 is 0 Å². The number of carbonyl (C=O) groups excluding carboxylic acids is 2. The van der Waals surface area contributed by atoms with E-state index in [1.165, 1.54) is 6.07 Å². The van der Waals surface area contributed by atoms with Crippen LogP contribution in [0.5, 0.6) is 5.75 Å². The van der Waals surface area contributed by atoms with Crippen molar-refractivity contribution in [1.82, 2.24) is 0 Å². The fourth-order valence-electron chi connectivity index (χ4n) is 1.98. The number of amides is 1. The van der Waals surface area contributed by atoms with Crippen LogP contribution in [0.25, 0.3) is 0 Å². The zero-order valence-corrected chi connectivity index (χ0v) is 11.9. The maximum Gasteiger partial charge on any atom is 0.326 e. The summed E-state index contributed by atoms with van der Waals surface area (Å²) in [4.78, 5) is 26.4. The number of nitrogens with two attached hydrogens (primary N) is 2. The average Bonchev–Trinajstić information content (AvgIpc) is 2.35. The maximum atomic E-state index is 12.0. The van der Waals surface area contributed by atoms with E-state index in [1.807, 2.05) is 0 Å². The van der Waals surface area contributed by atoms with Crippen LogP contribution in [0.2, 0.25) is 0 Å². The highest BCUT2D eigenvalue weighted by atomic mass is 32.2. The van der Waals surface area contributed by atoms with Crippen molar-refractivity contribution in [1.29, 1.82) is 0 Å². The van der Waals surface area contributed by atoms with Crippen LogP contribution in [0.15, 0.2) is 22.0 Å². The monoisotopic (exact) mass is 311 g/mol. The van der Waals surface area contributed by atoms with Gasteiger partial charge in [-0.3, -0.25) is 9.59 Å². The number of esters is 1. The van der Waals surface area contributed by atoms with E-state index in [4.69, 9.17) is 16.2 Å². The van der Waals surface area contributed by atoms with E-state index in [0.29, 0.717) is 12.0 Å². The summed E-state index contributed by atoms with van der Waals surface area (Å²) in [5.74, 6) is -2.87. The molecule has 1 aromatic rings. The molecule has 1 aliphatic heterocycles. The van der Waals surface area contributed by atoms with E-state index in [1.54, 1.807) is 6.92 Å². The van der Waals surface area contributed by atoms with Gasteiger partial charge in [0.2, 0.25) is 0 Å². The number of rotatable bonds is 2. The normalized spacial score (nSPS) is 15.8. The smallest absolute Gasteiger partial charge is 0.326 e. The number of hydrogen-bond donors (Lipinski definition) is 2. The highest BCUT2D eigenvalue weighted by molar-refractivity contribution is 7.92. The first-order valence-electron chi connectivity index (χ1n) is 5.99. The molecule has 2 rings (SSSR count). The van der Waals surface area contributed by atoms with Crippen molar-refractivity contribution < 1.29 is 22.7 Å². The van der Waals surface area contributed by atoms with E-state index in [9.17, 15) is 18.0 Å². The van der Waals surface area contributed by atoms with Gasteiger partial charge in [-0.2, -0.15) is 4.99 Å². The van der Waals surface area contributed by atoms with Gasteiger partial charge in [-0.15, -0.1) is 0 Å². The predicted molar refractivity (Wildman–Crippen MR) is 73.6 cm³/mol. The van der Waals surface area contributed by atoms with Crippen molar-refractivity contribution in [3.8, 4) is 5.75 Å². The molecule has 0 unspecified atom stereocenters.